The molecule has 6 heteroatoms. The summed E-state index contributed by atoms with van der Waals surface area (Å²) in [5.41, 5.74) is 0. The Morgan fingerprint density at radius 1 is 1.29 bits per heavy atom. The molecule has 0 aromatic carbocycles. The van der Waals surface area contributed by atoms with Crippen LogP contribution in [-0.4, -0.2) is 53.8 Å². The zero-order chi connectivity index (χ0) is 15.8. The molecule has 1 heterocycles. The van der Waals surface area contributed by atoms with Crippen molar-refractivity contribution in [3.63, 3.8) is 0 Å². The Hall–Kier alpha value is -1.30. The van der Waals surface area contributed by atoms with E-state index in [-0.39, 0.29) is 24.7 Å². The molecule has 1 rings (SSSR count). The number of urea groups is 1. The lowest BCUT2D eigenvalue weighted by molar-refractivity contribution is -0.137. The topological polar surface area (TPSA) is 78.9 Å². The molecule has 21 heavy (non-hydrogen) atoms. The van der Waals surface area contributed by atoms with Crippen molar-refractivity contribution >= 4 is 12.0 Å². The van der Waals surface area contributed by atoms with Crippen molar-refractivity contribution in [3.05, 3.63) is 0 Å². The van der Waals surface area contributed by atoms with Gasteiger partial charge in [-0.2, -0.15) is 0 Å². The lowest BCUT2D eigenvalue weighted by Gasteiger charge is -2.35. The van der Waals surface area contributed by atoms with Gasteiger partial charge < -0.3 is 20.1 Å². The first-order valence-corrected chi connectivity index (χ1v) is 7.82. The van der Waals surface area contributed by atoms with Gasteiger partial charge in [0.25, 0.3) is 0 Å². The summed E-state index contributed by atoms with van der Waals surface area (Å²) in [6.07, 6.45) is 2.77. The predicted octanol–water partition coefficient (Wildman–Crippen LogP) is 2.09. The van der Waals surface area contributed by atoms with Crippen molar-refractivity contribution in [3.8, 4) is 0 Å². The number of carboxylic acids is 1. The Labute approximate surface area is 126 Å². The van der Waals surface area contributed by atoms with Gasteiger partial charge in [-0.15, -0.1) is 0 Å². The number of carboxylic acid groups (broad SMARTS) is 1. The molecule has 6 nitrogen and oxygen atoms in total. The fraction of sp³-hybridized carbons (Fsp3) is 0.867. The van der Waals surface area contributed by atoms with Gasteiger partial charge in [-0.3, -0.25) is 4.79 Å². The van der Waals surface area contributed by atoms with Crippen LogP contribution in [0.15, 0.2) is 0 Å². The highest BCUT2D eigenvalue weighted by Crippen LogP contribution is 2.15. The molecule has 1 aliphatic heterocycles. The number of hydrogen-bond donors (Lipinski definition) is 2. The molecule has 122 valence electrons. The Balaban J connectivity index is 2.27. The van der Waals surface area contributed by atoms with Crippen LogP contribution in [0, 0.1) is 5.92 Å². The van der Waals surface area contributed by atoms with Crippen molar-refractivity contribution in [2.24, 2.45) is 5.92 Å². The second kappa shape index (κ2) is 8.87. The summed E-state index contributed by atoms with van der Waals surface area (Å²) >= 11 is 0. The van der Waals surface area contributed by atoms with Gasteiger partial charge in [0.05, 0.1) is 12.2 Å². The minimum atomic E-state index is -0.756. The highest BCUT2D eigenvalue weighted by Gasteiger charge is 2.25. The zero-order valence-electron chi connectivity index (χ0n) is 13.3. The predicted molar refractivity (Wildman–Crippen MR) is 80.2 cm³/mol. The fourth-order valence-corrected chi connectivity index (χ4v) is 2.72. The first kappa shape index (κ1) is 17.8. The van der Waals surface area contributed by atoms with Crippen LogP contribution in [0.1, 0.15) is 46.5 Å². The number of nitrogens with zero attached hydrogens (tertiary/aromatic N) is 1. The van der Waals surface area contributed by atoms with Gasteiger partial charge in [-0.25, -0.2) is 4.79 Å². The number of carbonyl (C=O) groups is 2. The third-order valence-electron chi connectivity index (χ3n) is 3.88. The Morgan fingerprint density at radius 2 is 1.90 bits per heavy atom. The molecule has 3 atom stereocenters. The Bertz CT molecular complexity index is 339. The van der Waals surface area contributed by atoms with Gasteiger partial charge in [0.1, 0.15) is 0 Å². The van der Waals surface area contributed by atoms with Crippen molar-refractivity contribution in [1.29, 1.82) is 0 Å². The van der Waals surface area contributed by atoms with Crippen LogP contribution in [0.25, 0.3) is 0 Å². The first-order valence-electron chi connectivity index (χ1n) is 7.82. The third-order valence-corrected chi connectivity index (χ3v) is 3.88. The molecule has 0 aromatic rings. The Kier molecular flexibility index (Phi) is 7.50. The number of aliphatic carboxylic acids is 1. The number of hydrogen-bond acceptors (Lipinski definition) is 3. The minimum absolute atomic E-state index is 0.0508. The van der Waals surface area contributed by atoms with Gasteiger partial charge in [-0.05, 0) is 32.6 Å². The van der Waals surface area contributed by atoms with E-state index in [0.29, 0.717) is 32.0 Å². The summed E-state index contributed by atoms with van der Waals surface area (Å²) in [6.45, 7) is 7.82. The van der Waals surface area contributed by atoms with Crippen LogP contribution in [0.3, 0.4) is 0 Å². The quantitative estimate of drug-likeness (QED) is 0.754. The van der Waals surface area contributed by atoms with E-state index in [1.165, 1.54) is 0 Å². The molecule has 1 fully saturated rings. The number of amides is 2. The normalized spacial score (nSPS) is 23.7. The molecular formula is C15H28N2O4. The lowest BCUT2D eigenvalue weighted by Crippen LogP contribution is -2.51. The first-order chi connectivity index (χ1) is 9.92. The second-order valence-corrected chi connectivity index (χ2v) is 5.89. The highest BCUT2D eigenvalue weighted by atomic mass is 16.5. The molecule has 0 aliphatic carbocycles. The molecule has 0 bridgehead atoms. The standard InChI is InChI=1S/C15H28N2O4/c1-4-13(5-6-14(18)19)7-8-16-15(20)17-9-11(2)21-12(3)10-17/h11-13H,4-10H2,1-3H3,(H,16,20)(H,18,19). The Morgan fingerprint density at radius 3 is 2.43 bits per heavy atom. The summed E-state index contributed by atoms with van der Waals surface area (Å²) in [7, 11) is 0. The summed E-state index contributed by atoms with van der Waals surface area (Å²) in [6, 6.07) is -0.0508. The van der Waals surface area contributed by atoms with E-state index in [2.05, 4.69) is 12.2 Å². The lowest BCUT2D eigenvalue weighted by atomic mass is 9.97. The van der Waals surface area contributed by atoms with Crippen LogP contribution in [0.2, 0.25) is 0 Å². The number of rotatable bonds is 7. The molecule has 0 spiro atoms. The summed E-state index contributed by atoms with van der Waals surface area (Å²) in [5, 5.41) is 11.6. The number of ether oxygens (including phenoxy) is 1. The number of carbonyl (C=O) groups excluding carboxylic acids is 1. The van der Waals surface area contributed by atoms with Crippen LogP contribution >= 0.6 is 0 Å². The average molecular weight is 300 g/mol. The maximum Gasteiger partial charge on any atom is 0.317 e. The fourth-order valence-electron chi connectivity index (χ4n) is 2.72. The number of morpholine rings is 1. The maximum atomic E-state index is 12.1. The smallest absolute Gasteiger partial charge is 0.317 e. The molecule has 0 radical (unpaired) electrons. The summed E-state index contributed by atoms with van der Waals surface area (Å²) < 4.78 is 5.60. The van der Waals surface area contributed by atoms with Gasteiger partial charge >= 0.3 is 12.0 Å². The van der Waals surface area contributed by atoms with E-state index in [9.17, 15) is 9.59 Å². The third kappa shape index (κ3) is 6.80. The van der Waals surface area contributed by atoms with E-state index in [1.807, 2.05) is 13.8 Å². The minimum Gasteiger partial charge on any atom is -0.481 e. The SMILES string of the molecule is CCC(CCNC(=O)N1CC(C)OC(C)C1)CCC(=O)O. The zero-order valence-corrected chi connectivity index (χ0v) is 13.3. The van der Waals surface area contributed by atoms with Gasteiger partial charge in [0, 0.05) is 26.1 Å². The number of nitrogens with one attached hydrogen (secondary N) is 1. The van der Waals surface area contributed by atoms with E-state index in [1.54, 1.807) is 4.90 Å². The molecular weight excluding hydrogens is 272 g/mol. The molecule has 1 saturated heterocycles. The maximum absolute atomic E-state index is 12.1. The van der Waals surface area contributed by atoms with Gasteiger partial charge in [0.15, 0.2) is 0 Å². The van der Waals surface area contributed by atoms with Crippen LogP contribution < -0.4 is 5.32 Å². The summed E-state index contributed by atoms with van der Waals surface area (Å²) in [5.74, 6) is -0.405. The molecule has 2 amide bonds. The largest absolute Gasteiger partial charge is 0.481 e. The van der Waals surface area contributed by atoms with Crippen molar-refractivity contribution < 1.29 is 19.4 Å². The van der Waals surface area contributed by atoms with Crippen molar-refractivity contribution in [1.82, 2.24) is 10.2 Å². The molecule has 0 aromatic heterocycles. The average Bonchev–Trinajstić information content (AvgIpc) is 2.41. The van der Waals surface area contributed by atoms with Crippen LogP contribution in [-0.2, 0) is 9.53 Å². The van der Waals surface area contributed by atoms with Crippen molar-refractivity contribution in [2.75, 3.05) is 19.6 Å². The van der Waals surface area contributed by atoms with Gasteiger partial charge in [-0.1, -0.05) is 13.3 Å². The molecule has 2 N–H and O–H groups in total. The second-order valence-electron chi connectivity index (χ2n) is 5.89. The van der Waals surface area contributed by atoms with Gasteiger partial charge in [0.2, 0.25) is 0 Å². The van der Waals surface area contributed by atoms with E-state index in [0.717, 1.165) is 12.8 Å². The van der Waals surface area contributed by atoms with Crippen LogP contribution in [0.5, 0.6) is 0 Å². The molecule has 1 aliphatic rings. The highest BCUT2D eigenvalue weighted by molar-refractivity contribution is 5.74. The monoisotopic (exact) mass is 300 g/mol. The van der Waals surface area contributed by atoms with Crippen LogP contribution in [0.4, 0.5) is 4.79 Å². The van der Waals surface area contributed by atoms with E-state index in [4.69, 9.17) is 9.84 Å². The van der Waals surface area contributed by atoms with E-state index >= 15 is 0 Å². The van der Waals surface area contributed by atoms with Crippen molar-refractivity contribution in [2.45, 2.75) is 58.7 Å². The summed E-state index contributed by atoms with van der Waals surface area (Å²) in [4.78, 5) is 24.5. The molecule has 0 saturated carbocycles. The molecule has 3 unspecified atom stereocenters. The van der Waals surface area contributed by atoms with E-state index < -0.39 is 5.97 Å².